The number of ether oxygens (including phenoxy) is 4. The Morgan fingerprint density at radius 2 is 2.00 bits per heavy atom. The van der Waals surface area contributed by atoms with Gasteiger partial charge in [-0.15, -0.1) is 0 Å². The van der Waals surface area contributed by atoms with Crippen molar-refractivity contribution in [2.75, 3.05) is 6.54 Å². The number of fused-ring (bicyclic) bond motifs is 5. The maximum absolute atomic E-state index is 12.5. The van der Waals surface area contributed by atoms with Crippen LogP contribution >= 0.6 is 0 Å². The zero-order chi connectivity index (χ0) is 18.1. The average Bonchev–Trinajstić information content (AvgIpc) is 3.08. The van der Waals surface area contributed by atoms with Crippen LogP contribution in [0.5, 0.6) is 0 Å². The van der Waals surface area contributed by atoms with E-state index in [1.165, 1.54) is 0 Å². The maximum atomic E-state index is 12.5. The molecule has 6 atom stereocenters. The van der Waals surface area contributed by atoms with Gasteiger partial charge >= 0.3 is 0 Å². The molecule has 4 saturated heterocycles. The van der Waals surface area contributed by atoms with Gasteiger partial charge in [0.1, 0.15) is 6.10 Å². The lowest BCUT2D eigenvalue weighted by molar-refractivity contribution is -0.236. The number of hydrogen-bond donors (Lipinski definition) is 0. The Balaban J connectivity index is 1.34. The molecule has 0 unspecified atom stereocenters. The zero-order valence-corrected chi connectivity index (χ0v) is 15.0. The summed E-state index contributed by atoms with van der Waals surface area (Å²) in [4.78, 5) is 14.4. The zero-order valence-electron chi connectivity index (χ0n) is 15.0. The van der Waals surface area contributed by atoms with Crippen LogP contribution in [0.1, 0.15) is 19.4 Å². The molecule has 138 valence electrons. The van der Waals surface area contributed by atoms with Crippen LogP contribution in [0.4, 0.5) is 0 Å². The summed E-state index contributed by atoms with van der Waals surface area (Å²) in [6.07, 6.45) is -1.26. The van der Waals surface area contributed by atoms with Gasteiger partial charge in [-0.05, 0) is 25.0 Å². The van der Waals surface area contributed by atoms with Crippen molar-refractivity contribution in [3.8, 4) is 0 Å². The Bertz CT molecular complexity index is 748. The lowest BCUT2D eigenvalue weighted by Gasteiger charge is -2.54. The molecule has 1 amide bonds. The molecule has 0 radical (unpaired) electrons. The number of β-lactam (4-membered cyclic amide) rings is 1. The number of amides is 1. The molecule has 0 aromatic heterocycles. The number of hydrogen-bond acceptors (Lipinski definition) is 5. The highest BCUT2D eigenvalue weighted by Gasteiger charge is 2.65. The van der Waals surface area contributed by atoms with Gasteiger partial charge in [0, 0.05) is 12.5 Å². The van der Waals surface area contributed by atoms with E-state index in [-0.39, 0.29) is 30.1 Å². The molecule has 0 saturated carbocycles. The predicted octanol–water partition coefficient (Wildman–Crippen LogP) is 1.84. The monoisotopic (exact) mass is 357 g/mol. The summed E-state index contributed by atoms with van der Waals surface area (Å²) in [5.74, 6) is -0.622. The summed E-state index contributed by atoms with van der Waals surface area (Å²) in [7, 11) is 0. The SMILES string of the molecule is C=C1CN2C(=O)[C@H](OCc3ccccc3)[C@@H]2[C@H]2O[C@@H]3OC(C)(C)O[C@@H]3[C@@H]12. The molecule has 6 nitrogen and oxygen atoms in total. The van der Waals surface area contributed by atoms with E-state index in [1.54, 1.807) is 0 Å². The van der Waals surface area contributed by atoms with Crippen molar-refractivity contribution >= 4 is 5.91 Å². The third kappa shape index (κ3) is 2.36. The fourth-order valence-electron chi connectivity index (χ4n) is 4.61. The van der Waals surface area contributed by atoms with Crippen molar-refractivity contribution in [3.63, 3.8) is 0 Å². The Labute approximate surface area is 152 Å². The molecule has 4 aliphatic rings. The molecular weight excluding hydrogens is 334 g/mol. The molecule has 0 aliphatic carbocycles. The molecule has 0 spiro atoms. The standard InChI is InChI=1S/C20H23NO5/c1-11-9-21-14(15-13(11)16-19(24-15)26-20(2,3)25-16)17(18(21)22)23-10-12-7-5-4-6-8-12/h4-8,13-17,19H,1,9-10H2,2-3H3/t13-,14-,15-,16+,17+,19+/m0/s1. The van der Waals surface area contributed by atoms with Gasteiger partial charge in [-0.1, -0.05) is 36.9 Å². The van der Waals surface area contributed by atoms with Crippen LogP contribution < -0.4 is 0 Å². The van der Waals surface area contributed by atoms with Gasteiger partial charge in [0.15, 0.2) is 18.2 Å². The molecule has 4 heterocycles. The van der Waals surface area contributed by atoms with Gasteiger partial charge in [-0.25, -0.2) is 0 Å². The molecule has 0 bridgehead atoms. The second-order valence-corrected chi connectivity index (χ2v) is 7.93. The Kier molecular flexibility index (Phi) is 3.56. The predicted molar refractivity (Wildman–Crippen MR) is 91.8 cm³/mol. The Morgan fingerprint density at radius 3 is 2.77 bits per heavy atom. The highest BCUT2D eigenvalue weighted by atomic mass is 16.8. The van der Waals surface area contributed by atoms with Crippen LogP contribution in [0.25, 0.3) is 0 Å². The van der Waals surface area contributed by atoms with Crippen molar-refractivity contribution in [1.29, 1.82) is 0 Å². The molecule has 5 rings (SSSR count). The van der Waals surface area contributed by atoms with E-state index in [2.05, 4.69) is 6.58 Å². The normalized spacial score (nSPS) is 40.0. The minimum Gasteiger partial charge on any atom is -0.361 e. The van der Waals surface area contributed by atoms with Gasteiger partial charge in [0.05, 0.1) is 18.8 Å². The highest BCUT2D eigenvalue weighted by molar-refractivity contribution is 5.89. The van der Waals surface area contributed by atoms with Gasteiger partial charge in [0.25, 0.3) is 5.91 Å². The van der Waals surface area contributed by atoms with Gasteiger partial charge in [-0.2, -0.15) is 0 Å². The number of carbonyl (C=O) groups excluding carboxylic acids is 1. The summed E-state index contributed by atoms with van der Waals surface area (Å²) in [5, 5.41) is 0. The lowest BCUT2D eigenvalue weighted by Crippen LogP contribution is -2.73. The molecule has 0 N–H and O–H groups in total. The summed E-state index contributed by atoms with van der Waals surface area (Å²) >= 11 is 0. The molecule has 26 heavy (non-hydrogen) atoms. The second kappa shape index (κ2) is 5.63. The van der Waals surface area contributed by atoms with E-state index in [0.29, 0.717) is 13.2 Å². The number of carbonyl (C=O) groups is 1. The van der Waals surface area contributed by atoms with Crippen molar-refractivity contribution in [2.24, 2.45) is 5.92 Å². The number of rotatable bonds is 3. The first-order valence-corrected chi connectivity index (χ1v) is 9.09. The smallest absolute Gasteiger partial charge is 0.254 e. The number of nitrogens with zero attached hydrogens (tertiary/aromatic N) is 1. The maximum Gasteiger partial charge on any atom is 0.254 e. The summed E-state index contributed by atoms with van der Waals surface area (Å²) in [6.45, 7) is 8.91. The topological polar surface area (TPSA) is 57.2 Å². The van der Waals surface area contributed by atoms with Crippen molar-refractivity contribution in [1.82, 2.24) is 4.90 Å². The van der Waals surface area contributed by atoms with E-state index in [0.717, 1.165) is 11.1 Å². The van der Waals surface area contributed by atoms with E-state index >= 15 is 0 Å². The van der Waals surface area contributed by atoms with E-state index in [9.17, 15) is 4.79 Å². The molecule has 4 aliphatic heterocycles. The first-order valence-electron chi connectivity index (χ1n) is 9.09. The first-order chi connectivity index (χ1) is 12.4. The minimum atomic E-state index is -0.656. The van der Waals surface area contributed by atoms with Gasteiger partial charge in [0.2, 0.25) is 0 Å². The van der Waals surface area contributed by atoms with Crippen LogP contribution in [0.3, 0.4) is 0 Å². The third-order valence-electron chi connectivity index (χ3n) is 5.74. The molecule has 1 aromatic carbocycles. The second-order valence-electron chi connectivity index (χ2n) is 7.93. The van der Waals surface area contributed by atoms with E-state index in [1.807, 2.05) is 49.1 Å². The van der Waals surface area contributed by atoms with E-state index in [4.69, 9.17) is 18.9 Å². The van der Waals surface area contributed by atoms with Crippen LogP contribution in [-0.4, -0.2) is 53.8 Å². The Morgan fingerprint density at radius 1 is 1.23 bits per heavy atom. The summed E-state index contributed by atoms with van der Waals surface area (Å²) < 4.78 is 24.1. The number of benzene rings is 1. The quantitative estimate of drug-likeness (QED) is 0.610. The van der Waals surface area contributed by atoms with Crippen molar-refractivity contribution in [3.05, 3.63) is 48.0 Å². The van der Waals surface area contributed by atoms with Crippen LogP contribution in [-0.2, 0) is 30.3 Å². The molecular formula is C20H23NO5. The highest BCUT2D eigenvalue weighted by Crippen LogP contribution is 2.50. The lowest BCUT2D eigenvalue weighted by atomic mass is 9.76. The number of piperidine rings is 1. The van der Waals surface area contributed by atoms with Crippen molar-refractivity contribution < 1.29 is 23.7 Å². The van der Waals surface area contributed by atoms with Crippen molar-refractivity contribution in [2.45, 2.75) is 56.9 Å². The minimum absolute atomic E-state index is 0.00774. The summed E-state index contributed by atoms with van der Waals surface area (Å²) in [6, 6.07) is 9.77. The largest absolute Gasteiger partial charge is 0.361 e. The van der Waals surface area contributed by atoms with Crippen LogP contribution in [0, 0.1) is 5.92 Å². The van der Waals surface area contributed by atoms with Crippen LogP contribution in [0.15, 0.2) is 42.5 Å². The Hall–Kier alpha value is -1.73. The fourth-order valence-corrected chi connectivity index (χ4v) is 4.61. The van der Waals surface area contributed by atoms with E-state index < -0.39 is 18.2 Å². The molecule has 4 fully saturated rings. The third-order valence-corrected chi connectivity index (χ3v) is 5.74. The summed E-state index contributed by atoms with van der Waals surface area (Å²) in [5.41, 5.74) is 2.02. The first kappa shape index (κ1) is 16.4. The van der Waals surface area contributed by atoms with Gasteiger partial charge in [-0.3, -0.25) is 4.79 Å². The molecule has 1 aromatic rings. The average molecular weight is 357 g/mol. The van der Waals surface area contributed by atoms with Crippen LogP contribution in [0.2, 0.25) is 0 Å². The van der Waals surface area contributed by atoms with Gasteiger partial charge < -0.3 is 23.8 Å². The molecule has 6 heteroatoms. The fraction of sp³-hybridized carbons (Fsp3) is 0.550.